The molecule has 0 aliphatic heterocycles. The second kappa shape index (κ2) is 4.02. The summed E-state index contributed by atoms with van der Waals surface area (Å²) in [4.78, 5) is 8.80. The van der Waals surface area contributed by atoms with Gasteiger partial charge >= 0.3 is 0 Å². The molecule has 0 bridgehead atoms. The Morgan fingerprint density at radius 1 is 1.41 bits per heavy atom. The molecule has 2 heterocycles. The Balaban J connectivity index is 2.06. The summed E-state index contributed by atoms with van der Waals surface area (Å²) in [6, 6.07) is 4.27. The average molecular weight is 230 g/mol. The van der Waals surface area contributed by atoms with Gasteiger partial charge in [0.15, 0.2) is 5.65 Å². The van der Waals surface area contributed by atoms with Gasteiger partial charge in [-0.2, -0.15) is 0 Å². The summed E-state index contributed by atoms with van der Waals surface area (Å²) in [6.07, 6.45) is 7.09. The van der Waals surface area contributed by atoms with E-state index in [0.717, 1.165) is 17.1 Å². The van der Waals surface area contributed by atoms with Gasteiger partial charge in [0.25, 0.3) is 0 Å². The number of nitrogens with zero attached hydrogens (tertiary/aromatic N) is 3. The lowest BCUT2D eigenvalue weighted by Crippen LogP contribution is -2.16. The molecule has 1 unspecified atom stereocenters. The van der Waals surface area contributed by atoms with E-state index < -0.39 is 0 Å². The highest BCUT2D eigenvalue weighted by Crippen LogP contribution is 2.36. The van der Waals surface area contributed by atoms with Crippen molar-refractivity contribution in [2.24, 2.45) is 5.92 Å². The number of hydrogen-bond donors (Lipinski definition) is 1. The molecule has 4 nitrogen and oxygen atoms in total. The smallest absolute Gasteiger partial charge is 0.202 e. The number of aromatic nitrogens is 3. The van der Waals surface area contributed by atoms with Crippen LogP contribution in [-0.2, 0) is 0 Å². The third kappa shape index (κ3) is 1.68. The van der Waals surface area contributed by atoms with Crippen molar-refractivity contribution in [2.75, 3.05) is 5.73 Å². The van der Waals surface area contributed by atoms with E-state index in [2.05, 4.69) is 21.5 Å². The molecule has 4 heteroatoms. The topological polar surface area (TPSA) is 56.7 Å². The van der Waals surface area contributed by atoms with Crippen molar-refractivity contribution in [3.63, 3.8) is 0 Å². The quantitative estimate of drug-likeness (QED) is 0.863. The van der Waals surface area contributed by atoms with Gasteiger partial charge in [0.1, 0.15) is 5.52 Å². The SMILES string of the molecule is CC(C1CCCC1)n1c(N)nc2cccnc21. The van der Waals surface area contributed by atoms with E-state index >= 15 is 0 Å². The maximum atomic E-state index is 6.03. The predicted octanol–water partition coefficient (Wildman–Crippen LogP) is 2.76. The zero-order valence-corrected chi connectivity index (χ0v) is 10.1. The number of hydrogen-bond acceptors (Lipinski definition) is 3. The third-order valence-corrected chi connectivity index (χ3v) is 3.97. The minimum atomic E-state index is 0.400. The molecule has 2 aromatic heterocycles. The van der Waals surface area contributed by atoms with Crippen LogP contribution in [0.15, 0.2) is 18.3 Å². The second-order valence-corrected chi connectivity index (χ2v) is 4.97. The molecule has 0 radical (unpaired) electrons. The molecule has 2 N–H and O–H groups in total. The first kappa shape index (κ1) is 10.6. The lowest BCUT2D eigenvalue weighted by Gasteiger charge is -2.21. The van der Waals surface area contributed by atoms with Crippen LogP contribution >= 0.6 is 0 Å². The standard InChI is InChI=1S/C13H18N4/c1-9(10-5-2-3-6-10)17-12-11(16-13(17)14)7-4-8-15-12/h4,7-10H,2-3,5-6H2,1H3,(H2,14,16). The first-order valence-corrected chi connectivity index (χ1v) is 6.36. The molecule has 0 saturated heterocycles. The number of pyridine rings is 1. The van der Waals surface area contributed by atoms with Gasteiger partial charge in [0.2, 0.25) is 5.95 Å². The van der Waals surface area contributed by atoms with Gasteiger partial charge in [-0.3, -0.25) is 4.57 Å². The van der Waals surface area contributed by atoms with Crippen molar-refractivity contribution < 1.29 is 0 Å². The van der Waals surface area contributed by atoms with Crippen molar-refractivity contribution in [3.05, 3.63) is 18.3 Å². The fourth-order valence-corrected chi connectivity index (χ4v) is 3.00. The lowest BCUT2D eigenvalue weighted by atomic mass is 10.00. The normalized spacial score (nSPS) is 18.9. The molecule has 1 fully saturated rings. The van der Waals surface area contributed by atoms with E-state index in [1.165, 1.54) is 25.7 Å². The summed E-state index contributed by atoms with van der Waals surface area (Å²) >= 11 is 0. The zero-order valence-electron chi connectivity index (χ0n) is 10.1. The van der Waals surface area contributed by atoms with Crippen LogP contribution in [0.5, 0.6) is 0 Å². The van der Waals surface area contributed by atoms with Crippen molar-refractivity contribution >= 4 is 17.1 Å². The van der Waals surface area contributed by atoms with Crippen LogP contribution in [0.4, 0.5) is 5.95 Å². The molecule has 1 atom stereocenters. The maximum Gasteiger partial charge on any atom is 0.202 e. The van der Waals surface area contributed by atoms with Crippen LogP contribution in [0, 0.1) is 5.92 Å². The second-order valence-electron chi connectivity index (χ2n) is 4.97. The summed E-state index contributed by atoms with van der Waals surface area (Å²) in [5.41, 5.74) is 7.85. The molecule has 0 amide bonds. The van der Waals surface area contributed by atoms with Crippen LogP contribution in [0.2, 0.25) is 0 Å². The Kier molecular flexibility index (Phi) is 2.50. The van der Waals surface area contributed by atoms with Crippen molar-refractivity contribution in [3.8, 4) is 0 Å². The number of anilines is 1. The predicted molar refractivity (Wildman–Crippen MR) is 68.6 cm³/mol. The van der Waals surface area contributed by atoms with E-state index in [4.69, 9.17) is 5.73 Å². The van der Waals surface area contributed by atoms with Crippen molar-refractivity contribution in [1.29, 1.82) is 0 Å². The van der Waals surface area contributed by atoms with Gasteiger partial charge in [-0.25, -0.2) is 9.97 Å². The zero-order chi connectivity index (χ0) is 11.8. The first-order valence-electron chi connectivity index (χ1n) is 6.36. The van der Waals surface area contributed by atoms with E-state index in [1.807, 2.05) is 12.1 Å². The molecule has 17 heavy (non-hydrogen) atoms. The lowest BCUT2D eigenvalue weighted by molar-refractivity contribution is 0.370. The number of fused-ring (bicyclic) bond motifs is 1. The van der Waals surface area contributed by atoms with Gasteiger partial charge < -0.3 is 5.73 Å². The molecule has 0 spiro atoms. The summed E-state index contributed by atoms with van der Waals surface area (Å²) in [7, 11) is 0. The highest BCUT2D eigenvalue weighted by atomic mass is 15.2. The van der Waals surface area contributed by atoms with E-state index in [0.29, 0.717) is 12.0 Å². The summed E-state index contributed by atoms with van der Waals surface area (Å²) in [6.45, 7) is 2.24. The Bertz CT molecular complexity index is 525. The third-order valence-electron chi connectivity index (χ3n) is 3.97. The van der Waals surface area contributed by atoms with Crippen LogP contribution in [0.3, 0.4) is 0 Å². The van der Waals surface area contributed by atoms with Gasteiger partial charge in [-0.1, -0.05) is 12.8 Å². The van der Waals surface area contributed by atoms with E-state index in [9.17, 15) is 0 Å². The summed E-state index contributed by atoms with van der Waals surface area (Å²) in [5.74, 6) is 1.31. The van der Waals surface area contributed by atoms with E-state index in [1.54, 1.807) is 6.20 Å². The number of nitrogen functional groups attached to an aromatic ring is 1. The first-order chi connectivity index (χ1) is 8.27. The Morgan fingerprint density at radius 3 is 2.94 bits per heavy atom. The monoisotopic (exact) mass is 230 g/mol. The van der Waals surface area contributed by atoms with Crippen molar-refractivity contribution in [1.82, 2.24) is 14.5 Å². The Labute approximate surface area is 101 Å². The molecule has 0 aromatic carbocycles. The Hall–Kier alpha value is -1.58. The molecule has 1 aliphatic carbocycles. The molecule has 3 rings (SSSR count). The largest absolute Gasteiger partial charge is 0.369 e. The minimum absolute atomic E-state index is 0.400. The Morgan fingerprint density at radius 2 is 2.18 bits per heavy atom. The fraction of sp³-hybridized carbons (Fsp3) is 0.538. The van der Waals surface area contributed by atoms with E-state index in [-0.39, 0.29) is 0 Å². The summed E-state index contributed by atoms with van der Waals surface area (Å²) in [5, 5.41) is 0. The number of rotatable bonds is 2. The van der Waals surface area contributed by atoms with Crippen molar-refractivity contribution in [2.45, 2.75) is 38.6 Å². The maximum absolute atomic E-state index is 6.03. The highest BCUT2D eigenvalue weighted by Gasteiger charge is 2.25. The van der Waals surface area contributed by atoms with Gasteiger partial charge in [-0.05, 0) is 37.8 Å². The molecule has 1 aliphatic rings. The number of nitrogens with two attached hydrogens (primary N) is 1. The average Bonchev–Trinajstić information content (AvgIpc) is 2.94. The van der Waals surface area contributed by atoms with Crippen LogP contribution in [0.25, 0.3) is 11.2 Å². The minimum Gasteiger partial charge on any atom is -0.369 e. The molecular weight excluding hydrogens is 212 g/mol. The van der Waals surface area contributed by atoms with Gasteiger partial charge in [-0.15, -0.1) is 0 Å². The molecule has 90 valence electrons. The fourth-order valence-electron chi connectivity index (χ4n) is 3.00. The van der Waals surface area contributed by atoms with Crippen LogP contribution in [0.1, 0.15) is 38.6 Å². The number of imidazole rings is 1. The van der Waals surface area contributed by atoms with Crippen LogP contribution in [-0.4, -0.2) is 14.5 Å². The molecular formula is C13H18N4. The van der Waals surface area contributed by atoms with Gasteiger partial charge in [0, 0.05) is 12.2 Å². The summed E-state index contributed by atoms with van der Waals surface area (Å²) < 4.78 is 2.10. The van der Waals surface area contributed by atoms with Crippen LogP contribution < -0.4 is 5.73 Å². The van der Waals surface area contributed by atoms with Gasteiger partial charge in [0.05, 0.1) is 0 Å². The molecule has 2 aromatic rings. The molecule has 1 saturated carbocycles. The highest BCUT2D eigenvalue weighted by molar-refractivity contribution is 5.73.